The number of nitrogens with two attached hydrogens (primary N) is 1. The third-order valence-corrected chi connectivity index (χ3v) is 4.53. The summed E-state index contributed by atoms with van der Waals surface area (Å²) in [6.07, 6.45) is 8.65. The third-order valence-electron chi connectivity index (χ3n) is 4.53. The lowest BCUT2D eigenvalue weighted by atomic mass is 9.98. The highest BCUT2D eigenvalue weighted by atomic mass is 19.1. The van der Waals surface area contributed by atoms with Gasteiger partial charge in [-0.1, -0.05) is 18.2 Å². The standard InChI is InChI=1S/C12H8O3.C10H11FN4/c13-10-3-2-9(10)5-8-1-4-11-12(6-8)15-7-14-11;11-9-3-1-8(2-4-9)7-15-6-5-13-10(15)14-12/h1-6H,7H2;1-6H,7,12H2,(H,13,14). The van der Waals surface area contributed by atoms with Crippen molar-refractivity contribution in [3.63, 3.8) is 0 Å². The molecule has 2 aromatic carbocycles. The largest absolute Gasteiger partial charge is 0.454 e. The van der Waals surface area contributed by atoms with E-state index in [4.69, 9.17) is 15.3 Å². The molecule has 5 rings (SSSR count). The van der Waals surface area contributed by atoms with Gasteiger partial charge in [0.2, 0.25) is 12.7 Å². The average molecular weight is 406 g/mol. The third kappa shape index (κ3) is 4.39. The number of rotatable bonds is 4. The van der Waals surface area contributed by atoms with Crippen LogP contribution < -0.4 is 20.7 Å². The van der Waals surface area contributed by atoms with E-state index in [1.54, 1.807) is 36.7 Å². The monoisotopic (exact) mass is 406 g/mol. The summed E-state index contributed by atoms with van der Waals surface area (Å²) in [4.78, 5) is 15.1. The summed E-state index contributed by atoms with van der Waals surface area (Å²) in [5.74, 6) is 7.20. The highest BCUT2D eigenvalue weighted by Gasteiger charge is 2.15. The fourth-order valence-corrected chi connectivity index (χ4v) is 2.91. The van der Waals surface area contributed by atoms with Crippen molar-refractivity contribution in [2.45, 2.75) is 6.54 Å². The Hall–Kier alpha value is -3.91. The zero-order valence-electron chi connectivity index (χ0n) is 15.9. The molecule has 0 saturated carbocycles. The number of hydrogen-bond acceptors (Lipinski definition) is 6. The fourth-order valence-electron chi connectivity index (χ4n) is 2.91. The Kier molecular flexibility index (Phi) is 5.58. The van der Waals surface area contributed by atoms with Crippen LogP contribution in [-0.2, 0) is 11.3 Å². The van der Waals surface area contributed by atoms with E-state index in [-0.39, 0.29) is 18.4 Å². The van der Waals surface area contributed by atoms with Crippen LogP contribution in [0.2, 0.25) is 0 Å². The van der Waals surface area contributed by atoms with Gasteiger partial charge in [0.15, 0.2) is 17.3 Å². The number of halogens is 1. The lowest BCUT2D eigenvalue weighted by Crippen LogP contribution is -2.13. The Morgan fingerprint density at radius 2 is 1.93 bits per heavy atom. The van der Waals surface area contributed by atoms with Crippen LogP contribution in [-0.4, -0.2) is 22.1 Å². The van der Waals surface area contributed by atoms with Gasteiger partial charge >= 0.3 is 0 Å². The van der Waals surface area contributed by atoms with Crippen LogP contribution in [0.25, 0.3) is 6.08 Å². The summed E-state index contributed by atoms with van der Waals surface area (Å²) in [5, 5.41) is 0. The summed E-state index contributed by atoms with van der Waals surface area (Å²) in [5.41, 5.74) is 5.16. The van der Waals surface area contributed by atoms with Gasteiger partial charge < -0.3 is 14.0 Å². The van der Waals surface area contributed by atoms with Gasteiger partial charge in [-0.3, -0.25) is 10.2 Å². The van der Waals surface area contributed by atoms with Gasteiger partial charge in [0, 0.05) is 18.0 Å². The van der Waals surface area contributed by atoms with Crippen molar-refractivity contribution in [1.82, 2.24) is 9.55 Å². The first-order chi connectivity index (χ1) is 14.6. The number of imidazole rings is 1. The second-order valence-electron chi connectivity index (χ2n) is 6.56. The molecule has 0 amide bonds. The number of aromatic nitrogens is 2. The summed E-state index contributed by atoms with van der Waals surface area (Å²) < 4.78 is 24.9. The Bertz CT molecular complexity index is 1120. The summed E-state index contributed by atoms with van der Waals surface area (Å²) in [6, 6.07) is 11.9. The minimum absolute atomic E-state index is 0.0765. The number of nitrogens with zero attached hydrogens (tertiary/aromatic N) is 2. The molecule has 7 nitrogen and oxygen atoms in total. The molecule has 2 aliphatic rings. The second-order valence-corrected chi connectivity index (χ2v) is 6.56. The summed E-state index contributed by atoms with van der Waals surface area (Å²) in [6.45, 7) is 0.883. The maximum absolute atomic E-state index is 12.7. The van der Waals surface area contributed by atoms with Crippen molar-refractivity contribution in [1.29, 1.82) is 0 Å². The first-order valence-corrected chi connectivity index (χ1v) is 9.18. The molecule has 1 aliphatic carbocycles. The van der Waals surface area contributed by atoms with E-state index in [9.17, 15) is 9.18 Å². The number of allylic oxidation sites excluding steroid dienone is 3. The minimum atomic E-state index is -0.235. The molecule has 1 aliphatic heterocycles. The van der Waals surface area contributed by atoms with Crippen LogP contribution >= 0.6 is 0 Å². The van der Waals surface area contributed by atoms with Crippen molar-refractivity contribution in [3.8, 4) is 11.5 Å². The van der Waals surface area contributed by atoms with Crippen LogP contribution in [0.3, 0.4) is 0 Å². The molecule has 0 fully saturated rings. The maximum Gasteiger partial charge on any atom is 0.231 e. The van der Waals surface area contributed by atoms with Crippen molar-refractivity contribution >= 4 is 17.8 Å². The maximum atomic E-state index is 12.7. The number of carbonyl (C=O) groups is 1. The summed E-state index contributed by atoms with van der Waals surface area (Å²) in [7, 11) is 0. The van der Waals surface area contributed by atoms with Crippen molar-refractivity contribution < 1.29 is 18.7 Å². The number of carbonyl (C=O) groups excluding carboxylic acids is 1. The van der Waals surface area contributed by atoms with E-state index < -0.39 is 0 Å². The van der Waals surface area contributed by atoms with Gasteiger partial charge in [-0.2, -0.15) is 0 Å². The molecule has 0 unspecified atom stereocenters. The second kappa shape index (κ2) is 8.62. The molecule has 152 valence electrons. The number of hydrogen-bond donors (Lipinski definition) is 2. The Balaban J connectivity index is 0.000000145. The smallest absolute Gasteiger partial charge is 0.231 e. The molecule has 0 atom stereocenters. The van der Waals surface area contributed by atoms with E-state index in [2.05, 4.69) is 10.4 Å². The van der Waals surface area contributed by atoms with Crippen LogP contribution in [0.1, 0.15) is 11.1 Å². The topological polar surface area (TPSA) is 91.4 Å². The van der Waals surface area contributed by atoms with Crippen LogP contribution in [0, 0.1) is 5.82 Å². The van der Waals surface area contributed by atoms with Crippen molar-refractivity contribution in [2.75, 3.05) is 12.2 Å². The zero-order chi connectivity index (χ0) is 20.9. The Morgan fingerprint density at radius 3 is 2.63 bits per heavy atom. The number of benzene rings is 2. The predicted molar refractivity (Wildman–Crippen MR) is 110 cm³/mol. The number of nitrogen functional groups attached to an aromatic ring is 1. The number of nitrogens with one attached hydrogen (secondary N) is 1. The van der Waals surface area contributed by atoms with Crippen LogP contribution in [0.4, 0.5) is 10.3 Å². The van der Waals surface area contributed by atoms with Gasteiger partial charge in [0.25, 0.3) is 0 Å². The van der Waals surface area contributed by atoms with Gasteiger partial charge in [-0.25, -0.2) is 15.2 Å². The molecule has 8 heteroatoms. The minimum Gasteiger partial charge on any atom is -0.454 e. The molecule has 3 N–H and O–H groups in total. The molecular formula is C22H19FN4O3. The van der Waals surface area contributed by atoms with Gasteiger partial charge in [-0.15, -0.1) is 0 Å². The molecule has 0 saturated heterocycles. The van der Waals surface area contributed by atoms with E-state index in [0.29, 0.717) is 12.5 Å². The molecule has 3 aromatic rings. The van der Waals surface area contributed by atoms with Crippen LogP contribution in [0.5, 0.6) is 11.5 Å². The number of anilines is 1. The Morgan fingerprint density at radius 1 is 1.13 bits per heavy atom. The molecule has 0 bridgehead atoms. The van der Waals surface area contributed by atoms with Crippen molar-refractivity contribution in [2.24, 2.45) is 5.84 Å². The average Bonchev–Trinajstić information content (AvgIpc) is 3.41. The van der Waals surface area contributed by atoms with Gasteiger partial charge in [0.05, 0.1) is 6.54 Å². The Labute approximate surface area is 172 Å². The number of ether oxygens (including phenoxy) is 2. The zero-order valence-corrected chi connectivity index (χ0v) is 15.9. The normalized spacial score (nSPS) is 14.9. The number of hydrazine groups is 1. The highest BCUT2D eigenvalue weighted by molar-refractivity contribution is 6.16. The number of ketones is 1. The van der Waals surface area contributed by atoms with E-state index in [1.807, 2.05) is 28.8 Å². The van der Waals surface area contributed by atoms with E-state index in [1.165, 1.54) is 12.1 Å². The van der Waals surface area contributed by atoms with Gasteiger partial charge in [0.1, 0.15) is 5.82 Å². The van der Waals surface area contributed by atoms with Crippen LogP contribution in [0.15, 0.2) is 72.6 Å². The van der Waals surface area contributed by atoms with Gasteiger partial charge in [-0.05, 0) is 53.6 Å². The number of fused-ring (bicyclic) bond motifs is 1. The predicted octanol–water partition coefficient (Wildman–Crippen LogP) is 3.29. The molecular weight excluding hydrogens is 387 g/mol. The molecule has 30 heavy (non-hydrogen) atoms. The molecule has 0 spiro atoms. The van der Waals surface area contributed by atoms with E-state index >= 15 is 0 Å². The van der Waals surface area contributed by atoms with E-state index in [0.717, 1.165) is 28.2 Å². The SMILES string of the molecule is NNc1nccn1Cc1ccc(F)cc1.O=C1C=CC1=Cc1ccc2c(c1)OCO2. The first-order valence-electron chi connectivity index (χ1n) is 9.18. The first kappa shape index (κ1) is 19.4. The molecule has 2 heterocycles. The lowest BCUT2D eigenvalue weighted by molar-refractivity contribution is -0.111. The van der Waals surface area contributed by atoms with Crippen molar-refractivity contribution in [3.05, 3.63) is 89.5 Å². The lowest BCUT2D eigenvalue weighted by Gasteiger charge is -2.06. The fraction of sp³-hybridized carbons (Fsp3) is 0.0909. The summed E-state index contributed by atoms with van der Waals surface area (Å²) >= 11 is 0. The molecule has 1 aromatic heterocycles. The quantitative estimate of drug-likeness (QED) is 0.393. The molecule has 0 radical (unpaired) electrons. The highest BCUT2D eigenvalue weighted by Crippen LogP contribution is 2.33.